The first-order chi connectivity index (χ1) is 8.02. The minimum atomic E-state index is -0.445. The van der Waals surface area contributed by atoms with E-state index >= 15 is 0 Å². The van der Waals surface area contributed by atoms with E-state index in [2.05, 4.69) is 15.3 Å². The van der Waals surface area contributed by atoms with Crippen LogP contribution in [0.1, 0.15) is 12.7 Å². The fraction of sp³-hybridized carbons (Fsp3) is 0.500. The van der Waals surface area contributed by atoms with Crippen molar-refractivity contribution >= 4 is 17.7 Å². The van der Waals surface area contributed by atoms with E-state index in [0.717, 1.165) is 11.8 Å². The van der Waals surface area contributed by atoms with E-state index < -0.39 is 5.56 Å². The van der Waals surface area contributed by atoms with E-state index in [1.165, 1.54) is 0 Å². The van der Waals surface area contributed by atoms with E-state index in [-0.39, 0.29) is 30.1 Å². The van der Waals surface area contributed by atoms with Gasteiger partial charge in [0.1, 0.15) is 5.82 Å². The molecule has 1 atom stereocenters. The number of carbonyl (C=O) groups is 1. The van der Waals surface area contributed by atoms with Gasteiger partial charge < -0.3 is 15.4 Å². The van der Waals surface area contributed by atoms with Gasteiger partial charge in [0.15, 0.2) is 0 Å². The monoisotopic (exact) mass is 257 g/mol. The Bertz CT molecular complexity index is 447. The van der Waals surface area contributed by atoms with Gasteiger partial charge in [-0.2, -0.15) is 16.7 Å². The van der Waals surface area contributed by atoms with Crippen molar-refractivity contribution in [1.29, 1.82) is 0 Å². The molecule has 6 nitrogen and oxygen atoms in total. The minimum Gasteiger partial charge on any atom is -0.493 e. The topological polar surface area (TPSA) is 95.1 Å². The molecule has 1 heterocycles. The van der Waals surface area contributed by atoms with Crippen molar-refractivity contribution in [2.75, 3.05) is 12.0 Å². The van der Waals surface area contributed by atoms with E-state index in [1.54, 1.807) is 11.8 Å². The van der Waals surface area contributed by atoms with Gasteiger partial charge in [0.05, 0.1) is 12.6 Å². The molecule has 0 spiro atoms. The summed E-state index contributed by atoms with van der Waals surface area (Å²) >= 11 is 1.59. The summed E-state index contributed by atoms with van der Waals surface area (Å²) in [6.07, 6.45) is 1.93. The van der Waals surface area contributed by atoms with Crippen molar-refractivity contribution in [1.82, 2.24) is 15.3 Å². The van der Waals surface area contributed by atoms with Crippen molar-refractivity contribution in [3.63, 3.8) is 0 Å². The summed E-state index contributed by atoms with van der Waals surface area (Å²) in [4.78, 5) is 28.7. The van der Waals surface area contributed by atoms with Crippen LogP contribution in [0.15, 0.2) is 10.9 Å². The lowest BCUT2D eigenvalue weighted by Gasteiger charge is -2.10. The van der Waals surface area contributed by atoms with Gasteiger partial charge >= 0.3 is 0 Å². The first kappa shape index (κ1) is 13.6. The van der Waals surface area contributed by atoms with E-state index in [1.807, 2.05) is 13.2 Å². The SMILES string of the molecule is CSCC(C)C(=O)NCc1nc(O)cc(=O)[nH]1. The van der Waals surface area contributed by atoms with Gasteiger partial charge in [0, 0.05) is 11.7 Å². The van der Waals surface area contributed by atoms with Crippen molar-refractivity contribution < 1.29 is 9.90 Å². The van der Waals surface area contributed by atoms with E-state index in [9.17, 15) is 9.59 Å². The summed E-state index contributed by atoms with van der Waals surface area (Å²) in [5.41, 5.74) is -0.445. The number of aromatic amines is 1. The standard InChI is InChI=1S/C10H15N3O3S/c1-6(5-17-2)10(16)11-4-7-12-8(14)3-9(15)13-7/h3,6H,4-5H2,1-2H3,(H,11,16)(H2,12,13,14,15). The highest BCUT2D eigenvalue weighted by molar-refractivity contribution is 7.98. The molecule has 0 radical (unpaired) electrons. The average molecular weight is 257 g/mol. The molecule has 0 aliphatic rings. The van der Waals surface area contributed by atoms with Crippen LogP contribution in [0.2, 0.25) is 0 Å². The summed E-state index contributed by atoms with van der Waals surface area (Å²) in [5.74, 6) is 0.407. The van der Waals surface area contributed by atoms with Gasteiger partial charge in [-0.1, -0.05) is 6.92 Å². The van der Waals surface area contributed by atoms with Crippen molar-refractivity contribution in [2.24, 2.45) is 5.92 Å². The Morgan fingerprint density at radius 2 is 2.41 bits per heavy atom. The minimum absolute atomic E-state index is 0.0984. The Morgan fingerprint density at radius 3 is 3.00 bits per heavy atom. The molecule has 1 rings (SSSR count). The zero-order valence-corrected chi connectivity index (χ0v) is 10.5. The van der Waals surface area contributed by atoms with Crippen LogP contribution in [0.5, 0.6) is 5.88 Å². The van der Waals surface area contributed by atoms with Crippen LogP contribution >= 0.6 is 11.8 Å². The van der Waals surface area contributed by atoms with Crippen LogP contribution in [-0.4, -0.2) is 33.0 Å². The van der Waals surface area contributed by atoms with E-state index in [4.69, 9.17) is 5.11 Å². The van der Waals surface area contributed by atoms with Crippen molar-refractivity contribution in [2.45, 2.75) is 13.5 Å². The molecule has 17 heavy (non-hydrogen) atoms. The lowest BCUT2D eigenvalue weighted by molar-refractivity contribution is -0.124. The maximum absolute atomic E-state index is 11.6. The number of thioether (sulfide) groups is 1. The van der Waals surface area contributed by atoms with Crippen LogP contribution in [0.3, 0.4) is 0 Å². The largest absolute Gasteiger partial charge is 0.493 e. The van der Waals surface area contributed by atoms with Gasteiger partial charge in [0.2, 0.25) is 11.8 Å². The number of rotatable bonds is 5. The fourth-order valence-electron chi connectivity index (χ4n) is 1.25. The molecule has 0 aliphatic heterocycles. The van der Waals surface area contributed by atoms with Gasteiger partial charge in [0.25, 0.3) is 5.56 Å². The number of hydrogen-bond acceptors (Lipinski definition) is 5. The number of hydrogen-bond donors (Lipinski definition) is 3. The molecule has 1 amide bonds. The number of amides is 1. The highest BCUT2D eigenvalue weighted by Gasteiger charge is 2.12. The summed E-state index contributed by atoms with van der Waals surface area (Å²) in [7, 11) is 0. The van der Waals surface area contributed by atoms with Crippen LogP contribution in [0, 0.1) is 5.92 Å². The maximum Gasteiger partial charge on any atom is 0.254 e. The molecule has 0 saturated heterocycles. The second kappa shape index (κ2) is 6.29. The van der Waals surface area contributed by atoms with E-state index in [0.29, 0.717) is 0 Å². The third-order valence-corrected chi connectivity index (χ3v) is 2.90. The Morgan fingerprint density at radius 1 is 1.71 bits per heavy atom. The predicted octanol–water partition coefficient (Wildman–Crippen LogP) is 0.0908. The smallest absolute Gasteiger partial charge is 0.254 e. The van der Waals surface area contributed by atoms with Crippen LogP contribution in [-0.2, 0) is 11.3 Å². The molecule has 1 aromatic rings. The molecule has 0 bridgehead atoms. The first-order valence-corrected chi connectivity index (χ1v) is 6.48. The molecular weight excluding hydrogens is 242 g/mol. The normalized spacial score (nSPS) is 12.1. The first-order valence-electron chi connectivity index (χ1n) is 5.08. The van der Waals surface area contributed by atoms with Gasteiger partial charge in [-0.15, -0.1) is 0 Å². The molecule has 0 fully saturated rings. The van der Waals surface area contributed by atoms with Crippen molar-refractivity contribution in [3.05, 3.63) is 22.2 Å². The number of H-pyrrole nitrogens is 1. The van der Waals surface area contributed by atoms with Crippen LogP contribution in [0.4, 0.5) is 0 Å². The second-order valence-electron chi connectivity index (χ2n) is 3.62. The molecular formula is C10H15N3O3S. The van der Waals surface area contributed by atoms with Gasteiger partial charge in [-0.05, 0) is 6.26 Å². The van der Waals surface area contributed by atoms with Gasteiger partial charge in [-0.25, -0.2) is 0 Å². The maximum atomic E-state index is 11.6. The molecule has 0 aliphatic carbocycles. The average Bonchev–Trinajstić information content (AvgIpc) is 2.25. The zero-order valence-electron chi connectivity index (χ0n) is 9.69. The summed E-state index contributed by atoms with van der Waals surface area (Å²) in [5, 5.41) is 11.7. The number of carbonyl (C=O) groups excluding carboxylic acids is 1. The molecule has 0 saturated carbocycles. The summed E-state index contributed by atoms with van der Waals surface area (Å²) in [6.45, 7) is 1.92. The second-order valence-corrected chi connectivity index (χ2v) is 4.54. The molecule has 7 heteroatoms. The zero-order chi connectivity index (χ0) is 12.8. The Balaban J connectivity index is 2.55. The fourth-order valence-corrected chi connectivity index (χ4v) is 1.90. The lowest BCUT2D eigenvalue weighted by atomic mass is 10.2. The highest BCUT2D eigenvalue weighted by atomic mass is 32.2. The quantitative estimate of drug-likeness (QED) is 0.695. The number of nitrogens with zero attached hydrogens (tertiary/aromatic N) is 1. The lowest BCUT2D eigenvalue weighted by Crippen LogP contribution is -2.31. The van der Waals surface area contributed by atoms with Crippen LogP contribution in [0.25, 0.3) is 0 Å². The molecule has 1 aromatic heterocycles. The Labute approximate surface area is 103 Å². The van der Waals surface area contributed by atoms with Crippen molar-refractivity contribution in [3.8, 4) is 5.88 Å². The molecule has 94 valence electrons. The van der Waals surface area contributed by atoms with Crippen LogP contribution < -0.4 is 10.9 Å². The molecule has 3 N–H and O–H groups in total. The molecule has 0 aromatic carbocycles. The Hall–Kier alpha value is -1.50. The highest BCUT2D eigenvalue weighted by Crippen LogP contribution is 2.04. The number of nitrogens with one attached hydrogen (secondary N) is 2. The molecule has 1 unspecified atom stereocenters. The Kier molecular flexibility index (Phi) is 5.02. The predicted molar refractivity (Wildman–Crippen MR) is 65.9 cm³/mol. The third kappa shape index (κ3) is 4.48. The summed E-state index contributed by atoms with van der Waals surface area (Å²) in [6, 6.07) is 0.974. The van der Waals surface area contributed by atoms with Gasteiger partial charge in [-0.3, -0.25) is 9.59 Å². The number of aromatic hydroxyl groups is 1. The summed E-state index contributed by atoms with van der Waals surface area (Å²) < 4.78 is 0. The third-order valence-electron chi connectivity index (χ3n) is 2.07. The number of aromatic nitrogens is 2.